The highest BCUT2D eigenvalue weighted by Gasteiger charge is 2.38. The van der Waals surface area contributed by atoms with Gasteiger partial charge < -0.3 is 9.80 Å². The Kier molecular flexibility index (Phi) is 5.89. The van der Waals surface area contributed by atoms with Gasteiger partial charge in [0.25, 0.3) is 0 Å². The fourth-order valence-electron chi connectivity index (χ4n) is 4.12. The molecule has 6 heteroatoms. The second-order valence-electron chi connectivity index (χ2n) is 7.47. The van der Waals surface area contributed by atoms with E-state index in [2.05, 4.69) is 0 Å². The molecule has 1 aliphatic heterocycles. The fourth-order valence-corrected chi connectivity index (χ4v) is 4.12. The molecule has 3 rings (SSSR count). The number of likely N-dealkylation sites (N-methyl/N-ethyl adjacent to an activating group) is 1. The SMILES string of the molecule is CN(Cc1ccc(F)c(F)c1)C(=O)[C@@H]1CCCN1C(=O)C1CCCCC1. The number of halogens is 2. The normalized spacial score (nSPS) is 21.0. The van der Waals surface area contributed by atoms with Crippen LogP contribution in [0.1, 0.15) is 50.5 Å². The van der Waals surface area contributed by atoms with Crippen LogP contribution >= 0.6 is 0 Å². The van der Waals surface area contributed by atoms with Gasteiger partial charge in [0.05, 0.1) is 0 Å². The quantitative estimate of drug-likeness (QED) is 0.821. The fraction of sp³-hybridized carbons (Fsp3) is 0.600. The number of likely N-dealkylation sites (tertiary alicyclic amines) is 1. The van der Waals surface area contributed by atoms with Gasteiger partial charge in [-0.3, -0.25) is 9.59 Å². The van der Waals surface area contributed by atoms with E-state index in [-0.39, 0.29) is 24.3 Å². The first-order chi connectivity index (χ1) is 12.5. The number of rotatable bonds is 4. The van der Waals surface area contributed by atoms with Crippen LogP contribution in [0.3, 0.4) is 0 Å². The molecule has 0 aromatic heterocycles. The lowest BCUT2D eigenvalue weighted by Gasteiger charge is -2.32. The van der Waals surface area contributed by atoms with Crippen molar-refractivity contribution in [2.45, 2.75) is 57.5 Å². The third kappa shape index (κ3) is 4.05. The van der Waals surface area contributed by atoms with Gasteiger partial charge in [0.1, 0.15) is 6.04 Å². The van der Waals surface area contributed by atoms with Crippen molar-refractivity contribution in [2.75, 3.05) is 13.6 Å². The van der Waals surface area contributed by atoms with Gasteiger partial charge in [-0.15, -0.1) is 0 Å². The maximum absolute atomic E-state index is 13.4. The van der Waals surface area contributed by atoms with Gasteiger partial charge in [-0.1, -0.05) is 25.3 Å². The van der Waals surface area contributed by atoms with Gasteiger partial charge in [-0.05, 0) is 43.4 Å². The van der Waals surface area contributed by atoms with Crippen molar-refractivity contribution in [3.05, 3.63) is 35.4 Å². The average Bonchev–Trinajstić information content (AvgIpc) is 3.14. The lowest BCUT2D eigenvalue weighted by atomic mass is 9.88. The minimum atomic E-state index is -0.918. The Hall–Kier alpha value is -1.98. The molecule has 1 saturated carbocycles. The molecular weight excluding hydrogens is 338 g/mol. The van der Waals surface area contributed by atoms with Crippen molar-refractivity contribution in [1.82, 2.24) is 9.80 Å². The Morgan fingerprint density at radius 2 is 1.81 bits per heavy atom. The molecule has 1 aromatic rings. The molecular formula is C20H26F2N2O2. The first kappa shape index (κ1) is 18.8. The zero-order chi connectivity index (χ0) is 18.7. The highest BCUT2D eigenvalue weighted by Crippen LogP contribution is 2.29. The monoisotopic (exact) mass is 364 g/mol. The van der Waals surface area contributed by atoms with Crippen molar-refractivity contribution in [2.24, 2.45) is 5.92 Å². The van der Waals surface area contributed by atoms with Crippen LogP contribution in [0.4, 0.5) is 8.78 Å². The molecule has 0 spiro atoms. The van der Waals surface area contributed by atoms with Crippen LogP contribution in [0, 0.1) is 17.6 Å². The molecule has 2 amide bonds. The number of carbonyl (C=O) groups excluding carboxylic acids is 2. The summed E-state index contributed by atoms with van der Waals surface area (Å²) in [4.78, 5) is 29.0. The molecule has 2 fully saturated rings. The van der Waals surface area contributed by atoms with E-state index in [9.17, 15) is 18.4 Å². The van der Waals surface area contributed by atoms with Crippen LogP contribution in [-0.4, -0.2) is 41.2 Å². The smallest absolute Gasteiger partial charge is 0.245 e. The Morgan fingerprint density at radius 1 is 1.08 bits per heavy atom. The summed E-state index contributed by atoms with van der Waals surface area (Å²) in [5.74, 6) is -1.78. The minimum Gasteiger partial charge on any atom is -0.340 e. The van der Waals surface area contributed by atoms with Crippen LogP contribution in [0.2, 0.25) is 0 Å². The van der Waals surface area contributed by atoms with Gasteiger partial charge >= 0.3 is 0 Å². The van der Waals surface area contributed by atoms with Crippen molar-refractivity contribution < 1.29 is 18.4 Å². The molecule has 4 nitrogen and oxygen atoms in total. The number of benzene rings is 1. The number of amides is 2. The zero-order valence-electron chi connectivity index (χ0n) is 15.2. The van der Waals surface area contributed by atoms with Crippen molar-refractivity contribution >= 4 is 11.8 Å². The standard InChI is InChI=1S/C20H26F2N2O2/c1-23(13-14-9-10-16(21)17(22)12-14)20(26)18-8-5-11-24(18)19(25)15-6-3-2-4-7-15/h9-10,12,15,18H,2-8,11,13H2,1H3/t18-/m0/s1. The molecule has 0 radical (unpaired) electrons. The molecule has 1 heterocycles. The number of hydrogen-bond donors (Lipinski definition) is 0. The molecule has 1 saturated heterocycles. The molecule has 2 aliphatic rings. The molecule has 0 N–H and O–H groups in total. The topological polar surface area (TPSA) is 40.6 Å². The van der Waals surface area contributed by atoms with Gasteiger partial charge in [0.2, 0.25) is 11.8 Å². The maximum Gasteiger partial charge on any atom is 0.245 e. The van der Waals surface area contributed by atoms with Crippen LogP contribution in [0.15, 0.2) is 18.2 Å². The van der Waals surface area contributed by atoms with E-state index in [4.69, 9.17) is 0 Å². The largest absolute Gasteiger partial charge is 0.340 e. The number of carbonyl (C=O) groups is 2. The van der Waals surface area contributed by atoms with Gasteiger partial charge in [0, 0.05) is 26.1 Å². The van der Waals surface area contributed by atoms with Crippen LogP contribution < -0.4 is 0 Å². The first-order valence-corrected chi connectivity index (χ1v) is 9.46. The third-order valence-electron chi connectivity index (χ3n) is 5.56. The average molecular weight is 364 g/mol. The predicted octanol–water partition coefficient (Wildman–Crippen LogP) is 3.49. The zero-order valence-corrected chi connectivity index (χ0v) is 15.2. The Morgan fingerprint density at radius 3 is 2.50 bits per heavy atom. The van der Waals surface area contributed by atoms with E-state index >= 15 is 0 Å². The third-order valence-corrected chi connectivity index (χ3v) is 5.56. The van der Waals surface area contributed by atoms with Crippen molar-refractivity contribution in [1.29, 1.82) is 0 Å². The summed E-state index contributed by atoms with van der Waals surface area (Å²) in [6, 6.07) is 3.22. The second kappa shape index (κ2) is 8.14. The van der Waals surface area contributed by atoms with Crippen LogP contribution in [0.5, 0.6) is 0 Å². The van der Waals surface area contributed by atoms with Gasteiger partial charge in [-0.2, -0.15) is 0 Å². The summed E-state index contributed by atoms with van der Waals surface area (Å²) in [5, 5.41) is 0. The molecule has 1 atom stereocenters. The summed E-state index contributed by atoms with van der Waals surface area (Å²) in [6.45, 7) is 0.822. The summed E-state index contributed by atoms with van der Waals surface area (Å²) in [7, 11) is 1.64. The Bertz CT molecular complexity index is 674. The Labute approximate surface area is 153 Å². The van der Waals surface area contributed by atoms with Gasteiger partial charge in [-0.25, -0.2) is 8.78 Å². The summed E-state index contributed by atoms with van der Waals surface area (Å²) < 4.78 is 26.4. The van der Waals surface area contributed by atoms with Crippen molar-refractivity contribution in [3.63, 3.8) is 0 Å². The van der Waals surface area contributed by atoms with E-state index in [1.54, 1.807) is 11.9 Å². The molecule has 142 valence electrons. The molecule has 0 bridgehead atoms. The highest BCUT2D eigenvalue weighted by atomic mass is 19.2. The second-order valence-corrected chi connectivity index (χ2v) is 7.47. The summed E-state index contributed by atoms with van der Waals surface area (Å²) in [6.07, 6.45) is 6.68. The van der Waals surface area contributed by atoms with Crippen LogP contribution in [-0.2, 0) is 16.1 Å². The van der Waals surface area contributed by atoms with E-state index in [0.29, 0.717) is 18.5 Å². The molecule has 0 unspecified atom stereocenters. The van der Waals surface area contributed by atoms with E-state index in [1.807, 2.05) is 0 Å². The summed E-state index contributed by atoms with van der Waals surface area (Å²) >= 11 is 0. The predicted molar refractivity (Wildman–Crippen MR) is 94.1 cm³/mol. The highest BCUT2D eigenvalue weighted by molar-refractivity contribution is 5.89. The molecule has 1 aliphatic carbocycles. The number of nitrogens with zero attached hydrogens (tertiary/aromatic N) is 2. The Balaban J connectivity index is 1.64. The molecule has 1 aromatic carbocycles. The summed E-state index contributed by atoms with van der Waals surface area (Å²) in [5.41, 5.74) is 0.530. The van der Waals surface area contributed by atoms with E-state index in [0.717, 1.165) is 44.2 Å². The lowest BCUT2D eigenvalue weighted by molar-refractivity contribution is -0.146. The van der Waals surface area contributed by atoms with Crippen molar-refractivity contribution in [3.8, 4) is 0 Å². The van der Waals surface area contributed by atoms with E-state index < -0.39 is 17.7 Å². The van der Waals surface area contributed by atoms with Crippen LogP contribution in [0.25, 0.3) is 0 Å². The number of hydrogen-bond acceptors (Lipinski definition) is 2. The lowest BCUT2D eigenvalue weighted by Crippen LogP contribution is -2.48. The maximum atomic E-state index is 13.4. The molecule has 26 heavy (non-hydrogen) atoms. The van der Waals surface area contributed by atoms with Gasteiger partial charge in [0.15, 0.2) is 11.6 Å². The first-order valence-electron chi connectivity index (χ1n) is 9.46. The minimum absolute atomic E-state index is 0.0497. The van der Waals surface area contributed by atoms with E-state index in [1.165, 1.54) is 17.4 Å².